The molecule has 0 radical (unpaired) electrons. The summed E-state index contributed by atoms with van der Waals surface area (Å²) in [5.74, 6) is -2.37. The Morgan fingerprint density at radius 1 is 1.30 bits per heavy atom. The molecule has 0 aliphatic rings. The molecule has 0 aliphatic heterocycles. The number of nitrogens with two attached hydrogens (primary N) is 1. The molecule has 0 heterocycles. The van der Waals surface area contributed by atoms with E-state index >= 15 is 0 Å². The van der Waals surface area contributed by atoms with Crippen LogP contribution in [0.3, 0.4) is 0 Å². The first-order chi connectivity index (χ1) is 9.49. The van der Waals surface area contributed by atoms with E-state index in [4.69, 9.17) is 10.5 Å². The van der Waals surface area contributed by atoms with E-state index in [1.54, 1.807) is 0 Å². The first kappa shape index (κ1) is 16.4. The quantitative estimate of drug-likeness (QED) is 0.610. The highest BCUT2D eigenvalue weighted by Gasteiger charge is 2.17. The van der Waals surface area contributed by atoms with Crippen LogP contribution in [-0.4, -0.2) is 12.6 Å². The molecule has 1 atom stereocenters. The lowest BCUT2D eigenvalue weighted by Gasteiger charge is -2.15. The predicted molar refractivity (Wildman–Crippen MR) is 74.4 cm³/mol. The third-order valence-corrected chi connectivity index (χ3v) is 3.30. The number of ether oxygens (including phenoxy) is 1. The van der Waals surface area contributed by atoms with Crippen molar-refractivity contribution in [1.82, 2.24) is 0 Å². The second-order valence-corrected chi connectivity index (χ2v) is 4.87. The SMILES string of the molecule is CCCCC(CC)COC(=O)c1cc(N)c(F)cc1F. The van der Waals surface area contributed by atoms with Gasteiger partial charge in [0.15, 0.2) is 0 Å². The number of hydrogen-bond donors (Lipinski definition) is 1. The van der Waals surface area contributed by atoms with Crippen molar-refractivity contribution in [1.29, 1.82) is 0 Å². The number of rotatable bonds is 7. The van der Waals surface area contributed by atoms with Gasteiger partial charge in [0, 0.05) is 6.07 Å². The molecule has 0 saturated carbocycles. The van der Waals surface area contributed by atoms with Crippen LogP contribution in [0, 0.1) is 17.6 Å². The summed E-state index contributed by atoms with van der Waals surface area (Å²) in [7, 11) is 0. The normalized spacial score (nSPS) is 12.2. The van der Waals surface area contributed by atoms with E-state index < -0.39 is 17.6 Å². The predicted octanol–water partition coefficient (Wildman–Crippen LogP) is 3.92. The molecule has 1 aromatic carbocycles. The Hall–Kier alpha value is -1.65. The van der Waals surface area contributed by atoms with E-state index in [-0.39, 0.29) is 23.8 Å². The maximum absolute atomic E-state index is 13.5. The Bertz CT molecular complexity index is 463. The summed E-state index contributed by atoms with van der Waals surface area (Å²) in [6.45, 7) is 4.35. The van der Waals surface area contributed by atoms with Crippen LogP contribution in [0.25, 0.3) is 0 Å². The molecule has 2 N–H and O–H groups in total. The van der Waals surface area contributed by atoms with Crippen molar-refractivity contribution in [2.24, 2.45) is 5.92 Å². The van der Waals surface area contributed by atoms with E-state index in [0.717, 1.165) is 31.7 Å². The monoisotopic (exact) mass is 285 g/mol. The molecule has 0 spiro atoms. The zero-order valence-corrected chi connectivity index (χ0v) is 11.9. The maximum Gasteiger partial charge on any atom is 0.341 e. The van der Waals surface area contributed by atoms with Gasteiger partial charge in [0.1, 0.15) is 11.6 Å². The average Bonchev–Trinajstić information content (AvgIpc) is 2.42. The fourth-order valence-electron chi connectivity index (χ4n) is 1.89. The molecule has 5 heteroatoms. The minimum absolute atomic E-state index is 0.242. The van der Waals surface area contributed by atoms with Gasteiger partial charge in [-0.1, -0.05) is 33.1 Å². The Labute approximate surface area is 118 Å². The Morgan fingerprint density at radius 3 is 2.60 bits per heavy atom. The summed E-state index contributed by atoms with van der Waals surface area (Å²) >= 11 is 0. The highest BCUT2D eigenvalue weighted by Crippen LogP contribution is 2.19. The van der Waals surface area contributed by atoms with Gasteiger partial charge >= 0.3 is 5.97 Å². The number of halogens is 2. The standard InChI is InChI=1S/C15H21F2NO2/c1-3-5-6-10(4-2)9-20-15(19)11-7-14(18)13(17)8-12(11)16/h7-8,10H,3-6,9,18H2,1-2H3. The first-order valence-corrected chi connectivity index (χ1v) is 6.91. The Balaban J connectivity index is 2.65. The van der Waals surface area contributed by atoms with Gasteiger partial charge < -0.3 is 10.5 Å². The van der Waals surface area contributed by atoms with Gasteiger partial charge in [-0.15, -0.1) is 0 Å². The summed E-state index contributed by atoms with van der Waals surface area (Å²) in [6, 6.07) is 1.57. The van der Waals surface area contributed by atoms with Gasteiger partial charge in [-0.25, -0.2) is 13.6 Å². The fraction of sp³-hybridized carbons (Fsp3) is 0.533. The van der Waals surface area contributed by atoms with Crippen LogP contribution in [0.2, 0.25) is 0 Å². The summed E-state index contributed by atoms with van der Waals surface area (Å²) in [5, 5.41) is 0. The highest BCUT2D eigenvalue weighted by molar-refractivity contribution is 5.90. The number of nitrogen functional groups attached to an aromatic ring is 1. The number of benzene rings is 1. The molecule has 1 unspecified atom stereocenters. The van der Waals surface area contributed by atoms with Crippen LogP contribution in [0.4, 0.5) is 14.5 Å². The van der Waals surface area contributed by atoms with E-state index in [0.29, 0.717) is 6.07 Å². The lowest BCUT2D eigenvalue weighted by molar-refractivity contribution is 0.0423. The molecule has 1 rings (SSSR count). The molecule has 112 valence electrons. The summed E-state index contributed by atoms with van der Waals surface area (Å²) in [6.07, 6.45) is 4.00. The van der Waals surface area contributed by atoms with Gasteiger partial charge in [0.05, 0.1) is 17.9 Å². The number of anilines is 1. The third-order valence-electron chi connectivity index (χ3n) is 3.30. The molecule has 0 fully saturated rings. The van der Waals surface area contributed by atoms with Crippen molar-refractivity contribution in [3.05, 3.63) is 29.3 Å². The molecular formula is C15H21F2NO2. The van der Waals surface area contributed by atoms with Crippen LogP contribution in [0.15, 0.2) is 12.1 Å². The molecule has 20 heavy (non-hydrogen) atoms. The lowest BCUT2D eigenvalue weighted by Crippen LogP contribution is -2.15. The van der Waals surface area contributed by atoms with E-state index in [1.807, 2.05) is 6.92 Å². The molecule has 0 saturated heterocycles. The largest absolute Gasteiger partial charge is 0.462 e. The van der Waals surface area contributed by atoms with Crippen LogP contribution < -0.4 is 5.73 Å². The zero-order valence-electron chi connectivity index (χ0n) is 11.9. The minimum Gasteiger partial charge on any atom is -0.462 e. The molecule has 0 aliphatic carbocycles. The van der Waals surface area contributed by atoms with Gasteiger partial charge in [0.2, 0.25) is 0 Å². The van der Waals surface area contributed by atoms with Crippen molar-refractivity contribution in [2.45, 2.75) is 39.5 Å². The third kappa shape index (κ3) is 4.47. The van der Waals surface area contributed by atoms with Crippen molar-refractivity contribution >= 4 is 11.7 Å². The molecule has 0 aromatic heterocycles. The van der Waals surface area contributed by atoms with Crippen LogP contribution in [-0.2, 0) is 4.74 Å². The first-order valence-electron chi connectivity index (χ1n) is 6.91. The van der Waals surface area contributed by atoms with E-state index in [9.17, 15) is 13.6 Å². The van der Waals surface area contributed by atoms with Crippen LogP contribution >= 0.6 is 0 Å². The maximum atomic E-state index is 13.5. The number of esters is 1. The van der Waals surface area contributed by atoms with E-state index in [1.165, 1.54) is 0 Å². The van der Waals surface area contributed by atoms with Gasteiger partial charge in [-0.2, -0.15) is 0 Å². The van der Waals surface area contributed by atoms with Gasteiger partial charge in [-0.05, 0) is 18.4 Å². The van der Waals surface area contributed by atoms with Gasteiger partial charge in [-0.3, -0.25) is 0 Å². The number of hydrogen-bond acceptors (Lipinski definition) is 3. The molecule has 3 nitrogen and oxygen atoms in total. The minimum atomic E-state index is -0.955. The Kier molecular flexibility index (Phi) is 6.42. The number of carbonyl (C=O) groups excluding carboxylic acids is 1. The zero-order chi connectivity index (χ0) is 15.1. The van der Waals surface area contributed by atoms with Crippen LogP contribution in [0.1, 0.15) is 49.9 Å². The van der Waals surface area contributed by atoms with Crippen molar-refractivity contribution in [3.8, 4) is 0 Å². The molecule has 0 bridgehead atoms. The highest BCUT2D eigenvalue weighted by atomic mass is 19.1. The second kappa shape index (κ2) is 7.82. The number of unbranched alkanes of at least 4 members (excludes halogenated alkanes) is 1. The summed E-state index contributed by atoms with van der Waals surface area (Å²) < 4.78 is 31.6. The van der Waals surface area contributed by atoms with Crippen molar-refractivity contribution in [2.75, 3.05) is 12.3 Å². The topological polar surface area (TPSA) is 52.3 Å². The molecule has 1 aromatic rings. The summed E-state index contributed by atoms with van der Waals surface area (Å²) in [4.78, 5) is 11.8. The van der Waals surface area contributed by atoms with E-state index in [2.05, 4.69) is 6.92 Å². The molecular weight excluding hydrogens is 264 g/mol. The van der Waals surface area contributed by atoms with Crippen molar-refractivity contribution < 1.29 is 18.3 Å². The van der Waals surface area contributed by atoms with Crippen LogP contribution in [0.5, 0.6) is 0 Å². The Morgan fingerprint density at radius 2 is 2.00 bits per heavy atom. The second-order valence-electron chi connectivity index (χ2n) is 4.87. The smallest absolute Gasteiger partial charge is 0.341 e. The van der Waals surface area contributed by atoms with Crippen molar-refractivity contribution in [3.63, 3.8) is 0 Å². The number of carbonyl (C=O) groups is 1. The molecule has 0 amide bonds. The van der Waals surface area contributed by atoms with Gasteiger partial charge in [0.25, 0.3) is 0 Å². The summed E-state index contributed by atoms with van der Waals surface area (Å²) in [5.41, 5.74) is 4.73. The lowest BCUT2D eigenvalue weighted by atomic mass is 10.0. The fourth-order valence-corrected chi connectivity index (χ4v) is 1.89. The average molecular weight is 285 g/mol.